The van der Waals surface area contributed by atoms with Crippen molar-refractivity contribution in [3.05, 3.63) is 41.1 Å². The Kier molecular flexibility index (Phi) is 1.31. The first kappa shape index (κ1) is 7.93. The van der Waals surface area contributed by atoms with Crippen LogP contribution in [-0.4, -0.2) is 15.4 Å². The van der Waals surface area contributed by atoms with Crippen LogP contribution in [-0.2, 0) is 0 Å². The van der Waals surface area contributed by atoms with Crippen molar-refractivity contribution in [1.29, 1.82) is 0 Å². The molecule has 16 heavy (non-hydrogen) atoms. The summed E-state index contributed by atoms with van der Waals surface area (Å²) >= 11 is 0. The van der Waals surface area contributed by atoms with Crippen molar-refractivity contribution in [3.8, 4) is 0 Å². The van der Waals surface area contributed by atoms with Crippen molar-refractivity contribution < 1.29 is 0 Å². The van der Waals surface area contributed by atoms with E-state index in [4.69, 9.17) is 0 Å². The Balaban J connectivity index is 2.44. The predicted octanol–water partition coefficient (Wildman–Crippen LogP) is 1.70. The minimum atomic E-state index is 0.908. The molecule has 74 valence electrons. The summed E-state index contributed by atoms with van der Waals surface area (Å²) < 4.78 is 0. The van der Waals surface area contributed by atoms with E-state index in [2.05, 4.69) is 39.7 Å². The molecule has 0 aliphatic heterocycles. The summed E-state index contributed by atoms with van der Waals surface area (Å²) in [6, 6.07) is 8.23. The summed E-state index contributed by atoms with van der Waals surface area (Å²) in [7, 11) is 0. The van der Waals surface area contributed by atoms with E-state index in [0.717, 1.165) is 21.6 Å². The summed E-state index contributed by atoms with van der Waals surface area (Å²) in [5.41, 5.74) is 3.06. The lowest BCUT2D eigenvalue weighted by Gasteiger charge is -2.04. The molecule has 0 radical (unpaired) electrons. The lowest BCUT2D eigenvalue weighted by molar-refractivity contribution is 0.915. The average molecular weight is 205 g/mol. The molecule has 3 heteroatoms. The fraction of sp³-hybridized carbons (Fsp3) is 0. The first-order valence-electron chi connectivity index (χ1n) is 5.16. The minimum Gasteiger partial charge on any atom is -0.130 e. The fourth-order valence-corrected chi connectivity index (χ4v) is 2.32. The quantitative estimate of drug-likeness (QED) is 0.560. The van der Waals surface area contributed by atoms with Gasteiger partial charge in [0, 0.05) is 10.6 Å². The Morgan fingerprint density at radius 1 is 1.06 bits per heavy atom. The Morgan fingerprint density at radius 2 is 2.06 bits per heavy atom. The molecule has 0 amide bonds. The van der Waals surface area contributed by atoms with E-state index >= 15 is 0 Å². The molecule has 0 saturated heterocycles. The van der Waals surface area contributed by atoms with Crippen LogP contribution in [0.2, 0.25) is 0 Å². The second-order valence-corrected chi connectivity index (χ2v) is 3.92. The third kappa shape index (κ3) is 0.852. The van der Waals surface area contributed by atoms with E-state index in [0.29, 0.717) is 0 Å². The van der Waals surface area contributed by atoms with Crippen LogP contribution in [0.5, 0.6) is 0 Å². The van der Waals surface area contributed by atoms with Crippen LogP contribution >= 0.6 is 0 Å². The van der Waals surface area contributed by atoms with Gasteiger partial charge in [-0.25, -0.2) is 0 Å². The monoisotopic (exact) mass is 205 g/mol. The lowest BCUT2D eigenvalue weighted by Crippen LogP contribution is -2.08. The van der Waals surface area contributed by atoms with Crippen LogP contribution in [0.25, 0.3) is 34.0 Å². The summed E-state index contributed by atoms with van der Waals surface area (Å²) in [6.07, 6.45) is 6.21. The van der Waals surface area contributed by atoms with Crippen molar-refractivity contribution in [1.82, 2.24) is 15.4 Å². The number of fused-ring (bicyclic) bond motifs is 2. The topological polar surface area (TPSA) is 38.7 Å². The molecular formula is C13H7N3. The number of allylic oxidation sites excluding steroid dienone is 1. The van der Waals surface area contributed by atoms with E-state index < -0.39 is 0 Å². The lowest BCUT2D eigenvalue weighted by atomic mass is 10.0. The average Bonchev–Trinajstić information content (AvgIpc) is 2.78. The molecule has 1 heterocycles. The number of rotatable bonds is 0. The van der Waals surface area contributed by atoms with Crippen LogP contribution < -0.4 is 5.22 Å². The van der Waals surface area contributed by atoms with Gasteiger partial charge in [-0.15, -0.1) is 10.2 Å². The van der Waals surface area contributed by atoms with Crippen molar-refractivity contribution in [2.45, 2.75) is 0 Å². The maximum atomic E-state index is 4.17. The molecule has 1 aromatic heterocycles. The molecule has 0 fully saturated rings. The fourth-order valence-electron chi connectivity index (χ4n) is 2.32. The van der Waals surface area contributed by atoms with Crippen molar-refractivity contribution in [2.24, 2.45) is 0 Å². The van der Waals surface area contributed by atoms with Gasteiger partial charge < -0.3 is 0 Å². The standard InChI is InChI=1S/C13H7N3/c1-3-8-7-9-4-2-6-11-12(9)13(10(8)5-1)15-16-14-11/h1-7H. The third-order valence-electron chi connectivity index (χ3n) is 3.02. The van der Waals surface area contributed by atoms with Crippen LogP contribution in [0.15, 0.2) is 30.3 Å². The zero-order valence-corrected chi connectivity index (χ0v) is 8.38. The maximum Gasteiger partial charge on any atom is 0.105 e. The zero-order valence-electron chi connectivity index (χ0n) is 8.38. The minimum absolute atomic E-state index is 0.908. The molecule has 3 nitrogen and oxygen atoms in total. The van der Waals surface area contributed by atoms with Crippen molar-refractivity contribution >= 4 is 34.0 Å². The van der Waals surface area contributed by atoms with E-state index in [9.17, 15) is 0 Å². The van der Waals surface area contributed by atoms with Gasteiger partial charge in [0.15, 0.2) is 0 Å². The summed E-state index contributed by atoms with van der Waals surface area (Å²) in [5.74, 6) is 0. The molecule has 4 rings (SSSR count). The molecule has 0 N–H and O–H groups in total. The molecule has 1 aliphatic carbocycles. The number of hydrogen-bond acceptors (Lipinski definition) is 3. The van der Waals surface area contributed by atoms with Crippen LogP contribution in [0.4, 0.5) is 0 Å². The Labute approximate surface area is 91.1 Å². The first-order chi connectivity index (χ1) is 7.93. The first-order valence-corrected chi connectivity index (χ1v) is 5.16. The highest BCUT2D eigenvalue weighted by Crippen LogP contribution is 2.23. The normalized spacial score (nSPS) is 13.2. The molecule has 1 aliphatic rings. The van der Waals surface area contributed by atoms with Gasteiger partial charge in [-0.1, -0.05) is 30.4 Å². The number of benzene rings is 2. The van der Waals surface area contributed by atoms with Gasteiger partial charge in [0.2, 0.25) is 0 Å². The van der Waals surface area contributed by atoms with E-state index in [1.54, 1.807) is 0 Å². The Morgan fingerprint density at radius 3 is 3.06 bits per heavy atom. The van der Waals surface area contributed by atoms with Gasteiger partial charge >= 0.3 is 0 Å². The molecule has 0 atom stereocenters. The van der Waals surface area contributed by atoms with Crippen LogP contribution in [0.3, 0.4) is 0 Å². The van der Waals surface area contributed by atoms with Crippen LogP contribution in [0, 0.1) is 0 Å². The molecule has 0 saturated carbocycles. The molecular weight excluding hydrogens is 198 g/mol. The number of hydrogen-bond donors (Lipinski definition) is 0. The highest BCUT2D eigenvalue weighted by atomic mass is 15.3. The van der Waals surface area contributed by atoms with Gasteiger partial charge in [0.1, 0.15) is 5.52 Å². The van der Waals surface area contributed by atoms with Gasteiger partial charge in [-0.3, -0.25) is 0 Å². The van der Waals surface area contributed by atoms with Gasteiger partial charge in [-0.2, -0.15) is 0 Å². The highest BCUT2D eigenvalue weighted by Gasteiger charge is 2.09. The SMILES string of the molecule is C1=Cc2cc3cccc4nnnc(c2=C1)c34. The molecule has 2 aromatic carbocycles. The largest absolute Gasteiger partial charge is 0.130 e. The van der Waals surface area contributed by atoms with Crippen molar-refractivity contribution in [2.75, 3.05) is 0 Å². The zero-order chi connectivity index (χ0) is 10.5. The maximum absolute atomic E-state index is 4.17. The highest BCUT2D eigenvalue weighted by molar-refractivity contribution is 6.08. The van der Waals surface area contributed by atoms with Crippen LogP contribution in [0.1, 0.15) is 5.56 Å². The second kappa shape index (κ2) is 2.64. The summed E-state index contributed by atoms with van der Waals surface area (Å²) in [5, 5.41) is 15.5. The molecule has 3 aromatic rings. The van der Waals surface area contributed by atoms with E-state index in [-0.39, 0.29) is 0 Å². The molecule has 0 spiro atoms. The smallest absolute Gasteiger partial charge is 0.105 e. The predicted molar refractivity (Wildman–Crippen MR) is 63.6 cm³/mol. The van der Waals surface area contributed by atoms with Crippen molar-refractivity contribution in [3.63, 3.8) is 0 Å². The Hall–Kier alpha value is -2.29. The molecule has 0 bridgehead atoms. The number of aromatic nitrogens is 3. The van der Waals surface area contributed by atoms with Gasteiger partial charge in [0.05, 0.1) is 5.52 Å². The third-order valence-corrected chi connectivity index (χ3v) is 3.02. The van der Waals surface area contributed by atoms with E-state index in [1.165, 1.54) is 10.9 Å². The van der Waals surface area contributed by atoms with Gasteiger partial charge in [-0.05, 0) is 28.3 Å². The number of nitrogens with zero attached hydrogens (tertiary/aromatic N) is 3. The molecule has 0 unspecified atom stereocenters. The van der Waals surface area contributed by atoms with E-state index in [1.807, 2.05) is 18.2 Å². The second-order valence-electron chi connectivity index (χ2n) is 3.92. The summed E-state index contributed by atoms with van der Waals surface area (Å²) in [6.45, 7) is 0. The summed E-state index contributed by atoms with van der Waals surface area (Å²) in [4.78, 5) is 0. The van der Waals surface area contributed by atoms with Gasteiger partial charge in [0.25, 0.3) is 0 Å². The Bertz CT molecular complexity index is 798.